The second kappa shape index (κ2) is 7.48. The molecule has 1 aromatic rings. The van der Waals surface area contributed by atoms with Gasteiger partial charge in [-0.05, 0) is 50.4 Å². The van der Waals surface area contributed by atoms with Gasteiger partial charge >= 0.3 is 6.18 Å². The Kier molecular flexibility index (Phi) is 6.28. The Morgan fingerprint density at radius 1 is 1.37 bits per heavy atom. The molecule has 1 rings (SSSR count). The van der Waals surface area contributed by atoms with Crippen LogP contribution in [0.3, 0.4) is 0 Å². The number of aromatic nitrogens is 1. The largest absolute Gasteiger partial charge is 0.389 e. The molecule has 1 unspecified atom stereocenters. The number of rotatable bonds is 7. The molecular formula is C14H21F3N2. The third kappa shape index (κ3) is 6.57. The first-order chi connectivity index (χ1) is 8.92. The normalized spacial score (nSPS) is 13.5. The zero-order valence-electron chi connectivity index (χ0n) is 11.4. The summed E-state index contributed by atoms with van der Waals surface area (Å²) in [6.45, 7) is 4.73. The van der Waals surface area contributed by atoms with Gasteiger partial charge in [0, 0.05) is 24.4 Å². The molecule has 0 saturated carbocycles. The summed E-state index contributed by atoms with van der Waals surface area (Å²) in [4.78, 5) is 4.11. The van der Waals surface area contributed by atoms with E-state index in [0.29, 0.717) is 6.42 Å². The molecule has 1 heterocycles. The van der Waals surface area contributed by atoms with E-state index in [1.54, 1.807) is 6.20 Å². The Labute approximate surface area is 112 Å². The maximum atomic E-state index is 12.2. The number of aryl methyl sites for hydroxylation is 1. The van der Waals surface area contributed by atoms with E-state index in [9.17, 15) is 13.2 Å². The van der Waals surface area contributed by atoms with Crippen LogP contribution >= 0.6 is 0 Å². The molecule has 0 aliphatic heterocycles. The van der Waals surface area contributed by atoms with Crippen LogP contribution in [0.2, 0.25) is 0 Å². The van der Waals surface area contributed by atoms with Gasteiger partial charge in [-0.15, -0.1) is 0 Å². The van der Waals surface area contributed by atoms with E-state index < -0.39 is 12.6 Å². The molecule has 1 atom stereocenters. The van der Waals surface area contributed by atoms with E-state index >= 15 is 0 Å². The van der Waals surface area contributed by atoms with Crippen molar-refractivity contribution in [1.29, 1.82) is 0 Å². The first kappa shape index (κ1) is 16.0. The van der Waals surface area contributed by atoms with Crippen molar-refractivity contribution in [2.24, 2.45) is 0 Å². The van der Waals surface area contributed by atoms with Gasteiger partial charge in [0.2, 0.25) is 0 Å². The van der Waals surface area contributed by atoms with Crippen LogP contribution in [0.15, 0.2) is 18.3 Å². The van der Waals surface area contributed by atoms with Crippen LogP contribution < -0.4 is 5.32 Å². The summed E-state index contributed by atoms with van der Waals surface area (Å²) in [5.74, 6) is 0. The number of pyridine rings is 1. The van der Waals surface area contributed by atoms with E-state index in [1.165, 1.54) is 0 Å². The minimum absolute atomic E-state index is 0.0241. The molecule has 0 fully saturated rings. The van der Waals surface area contributed by atoms with Gasteiger partial charge in [-0.3, -0.25) is 4.98 Å². The Morgan fingerprint density at radius 3 is 2.68 bits per heavy atom. The second-order valence-corrected chi connectivity index (χ2v) is 4.74. The molecule has 1 aromatic heterocycles. The third-order valence-electron chi connectivity index (χ3n) is 2.92. The average molecular weight is 274 g/mol. The van der Waals surface area contributed by atoms with Crippen molar-refractivity contribution >= 4 is 0 Å². The first-order valence-electron chi connectivity index (χ1n) is 6.65. The summed E-state index contributed by atoms with van der Waals surface area (Å²) in [7, 11) is 0. The van der Waals surface area contributed by atoms with Crippen molar-refractivity contribution in [2.45, 2.75) is 51.7 Å². The summed E-state index contributed by atoms with van der Waals surface area (Å²) in [6, 6.07) is 3.78. The van der Waals surface area contributed by atoms with Crippen LogP contribution in [0.4, 0.5) is 13.2 Å². The summed E-state index contributed by atoms with van der Waals surface area (Å²) in [6.07, 6.45) is -1.49. The number of halogens is 3. The van der Waals surface area contributed by atoms with Crippen LogP contribution in [0.1, 0.15) is 49.9 Å². The van der Waals surface area contributed by atoms with Crippen molar-refractivity contribution in [3.63, 3.8) is 0 Å². The highest BCUT2D eigenvalue weighted by Gasteiger charge is 2.26. The lowest BCUT2D eigenvalue weighted by Gasteiger charge is -2.19. The molecule has 0 aliphatic rings. The van der Waals surface area contributed by atoms with Crippen LogP contribution in [-0.4, -0.2) is 17.7 Å². The van der Waals surface area contributed by atoms with E-state index in [2.05, 4.69) is 10.3 Å². The second-order valence-electron chi connectivity index (χ2n) is 4.74. The quantitative estimate of drug-likeness (QED) is 0.807. The predicted octanol–water partition coefficient (Wildman–Crippen LogP) is 4.16. The van der Waals surface area contributed by atoms with Gasteiger partial charge in [-0.25, -0.2) is 0 Å². The smallest absolute Gasteiger partial charge is 0.310 e. The predicted molar refractivity (Wildman–Crippen MR) is 69.9 cm³/mol. The fourth-order valence-corrected chi connectivity index (χ4v) is 2.00. The first-order valence-corrected chi connectivity index (χ1v) is 6.65. The van der Waals surface area contributed by atoms with Crippen LogP contribution in [0.25, 0.3) is 0 Å². The van der Waals surface area contributed by atoms with Crippen LogP contribution in [0.5, 0.6) is 0 Å². The summed E-state index contributed by atoms with van der Waals surface area (Å²) in [5, 5.41) is 3.30. The molecule has 0 radical (unpaired) electrons. The minimum atomic E-state index is -4.07. The van der Waals surface area contributed by atoms with Crippen LogP contribution in [0, 0.1) is 6.92 Å². The molecule has 108 valence electrons. The van der Waals surface area contributed by atoms with Crippen molar-refractivity contribution in [3.8, 4) is 0 Å². The van der Waals surface area contributed by atoms with Crippen LogP contribution in [-0.2, 0) is 0 Å². The lowest BCUT2D eigenvalue weighted by molar-refractivity contribution is -0.135. The molecule has 0 aliphatic carbocycles. The number of nitrogens with one attached hydrogen (secondary N) is 1. The lowest BCUT2D eigenvalue weighted by atomic mass is 10.0. The van der Waals surface area contributed by atoms with E-state index in [1.807, 2.05) is 26.0 Å². The highest BCUT2D eigenvalue weighted by Crippen LogP contribution is 2.26. The molecule has 0 amide bonds. The zero-order chi connectivity index (χ0) is 14.3. The van der Waals surface area contributed by atoms with Crippen molar-refractivity contribution in [1.82, 2.24) is 10.3 Å². The Hall–Kier alpha value is -1.10. The highest BCUT2D eigenvalue weighted by molar-refractivity contribution is 5.19. The van der Waals surface area contributed by atoms with Gasteiger partial charge < -0.3 is 5.32 Å². The number of nitrogens with zero attached hydrogens (tertiary/aromatic N) is 1. The molecule has 2 nitrogen and oxygen atoms in total. The Bertz CT molecular complexity index is 377. The fourth-order valence-electron chi connectivity index (χ4n) is 2.00. The highest BCUT2D eigenvalue weighted by atomic mass is 19.4. The molecule has 0 saturated heterocycles. The van der Waals surface area contributed by atoms with E-state index in [-0.39, 0.29) is 12.5 Å². The average Bonchev–Trinajstić information content (AvgIpc) is 2.32. The monoisotopic (exact) mass is 274 g/mol. The zero-order valence-corrected chi connectivity index (χ0v) is 11.4. The molecule has 1 N–H and O–H groups in total. The Balaban J connectivity index is 2.61. The SMILES string of the molecule is CCCNC(CCCC(F)(F)F)c1ccnc(C)c1. The number of hydrogen-bond acceptors (Lipinski definition) is 2. The maximum absolute atomic E-state index is 12.2. The Morgan fingerprint density at radius 2 is 2.11 bits per heavy atom. The molecule has 0 spiro atoms. The lowest BCUT2D eigenvalue weighted by Crippen LogP contribution is -2.23. The van der Waals surface area contributed by atoms with Crippen molar-refractivity contribution < 1.29 is 13.2 Å². The van der Waals surface area contributed by atoms with Gasteiger partial charge in [0.05, 0.1) is 0 Å². The van der Waals surface area contributed by atoms with Crippen molar-refractivity contribution in [3.05, 3.63) is 29.6 Å². The number of hydrogen-bond donors (Lipinski definition) is 1. The van der Waals surface area contributed by atoms with Gasteiger partial charge in [0.25, 0.3) is 0 Å². The van der Waals surface area contributed by atoms with E-state index in [0.717, 1.165) is 24.2 Å². The van der Waals surface area contributed by atoms with Gasteiger partial charge in [0.1, 0.15) is 0 Å². The topological polar surface area (TPSA) is 24.9 Å². The summed E-state index contributed by atoms with van der Waals surface area (Å²) < 4.78 is 36.6. The number of alkyl halides is 3. The summed E-state index contributed by atoms with van der Waals surface area (Å²) >= 11 is 0. The molecule has 0 bridgehead atoms. The van der Waals surface area contributed by atoms with Gasteiger partial charge in [0.15, 0.2) is 0 Å². The molecule has 0 aromatic carbocycles. The third-order valence-corrected chi connectivity index (χ3v) is 2.92. The maximum Gasteiger partial charge on any atom is 0.389 e. The minimum Gasteiger partial charge on any atom is -0.310 e. The standard InChI is InChI=1S/C14H21F3N2/c1-3-8-19-13(5-4-7-14(15,16)17)12-6-9-18-11(2)10-12/h6,9-10,13,19H,3-5,7-8H2,1-2H3. The van der Waals surface area contributed by atoms with E-state index in [4.69, 9.17) is 0 Å². The van der Waals surface area contributed by atoms with Crippen molar-refractivity contribution in [2.75, 3.05) is 6.54 Å². The molecule has 19 heavy (non-hydrogen) atoms. The van der Waals surface area contributed by atoms with Gasteiger partial charge in [-0.2, -0.15) is 13.2 Å². The molecular weight excluding hydrogens is 253 g/mol. The fraction of sp³-hybridized carbons (Fsp3) is 0.643. The molecule has 5 heteroatoms. The summed E-state index contributed by atoms with van der Waals surface area (Å²) in [5.41, 5.74) is 1.90. The van der Waals surface area contributed by atoms with Gasteiger partial charge in [-0.1, -0.05) is 6.92 Å².